The number of hydrogen-bond donors (Lipinski definition) is 0. The lowest BCUT2D eigenvalue weighted by atomic mass is 10.1. The average molecular weight is 298 g/mol. The van der Waals surface area contributed by atoms with Crippen molar-refractivity contribution in [2.75, 3.05) is 0 Å². The third kappa shape index (κ3) is 2.59. The van der Waals surface area contributed by atoms with Crippen molar-refractivity contribution < 1.29 is 4.65 Å². The van der Waals surface area contributed by atoms with E-state index in [0.717, 1.165) is 21.1 Å². The van der Waals surface area contributed by atoms with Gasteiger partial charge in [-0.3, -0.25) is 4.68 Å². The van der Waals surface area contributed by atoms with Crippen LogP contribution in [0.4, 0.5) is 0 Å². The second kappa shape index (κ2) is 5.74. The zero-order valence-electron chi connectivity index (χ0n) is 12.7. The molecule has 106 valence electrons. The molecule has 0 N–H and O–H groups in total. The molecule has 2 rings (SSSR count). The number of hydrogen-bond acceptors (Lipinski definition) is 5. The fourth-order valence-corrected chi connectivity index (χ4v) is 3.11. The Morgan fingerprint density at radius 3 is 2.38 bits per heavy atom. The highest BCUT2D eigenvalue weighted by atomic mass is 32.1. The number of aryl methyl sites for hydroxylation is 4. The van der Waals surface area contributed by atoms with E-state index in [2.05, 4.69) is 16.2 Å². The Morgan fingerprint density at radius 2 is 2.00 bits per heavy atom. The van der Waals surface area contributed by atoms with Gasteiger partial charge in [-0.25, -0.2) is 4.98 Å². The Kier molecular flexibility index (Phi) is 4.19. The molecule has 0 bridgehead atoms. The summed E-state index contributed by atoms with van der Waals surface area (Å²) >= 11 is 1.53. The van der Waals surface area contributed by atoms with Crippen LogP contribution in [0.2, 0.25) is 0 Å². The third-order valence-electron chi connectivity index (χ3n) is 3.33. The average Bonchev–Trinajstić information content (AvgIpc) is 2.88. The minimum atomic E-state index is 0.298. The van der Waals surface area contributed by atoms with E-state index >= 15 is 0 Å². The van der Waals surface area contributed by atoms with E-state index in [1.165, 1.54) is 11.3 Å². The van der Waals surface area contributed by atoms with Crippen molar-refractivity contribution in [3.05, 3.63) is 32.5 Å². The molecule has 0 atom stereocenters. The molecule has 2 aromatic rings. The summed E-state index contributed by atoms with van der Waals surface area (Å²) in [5.74, 6) is 0.298. The van der Waals surface area contributed by atoms with Crippen LogP contribution in [0.25, 0.3) is 11.3 Å². The van der Waals surface area contributed by atoms with Gasteiger partial charge in [-0.1, -0.05) is 0 Å². The maximum atomic E-state index is 9.56. The number of allylic oxidation sites excluding steroid dienone is 1. The van der Waals surface area contributed by atoms with Gasteiger partial charge in [0.15, 0.2) is 0 Å². The van der Waals surface area contributed by atoms with Gasteiger partial charge in [0.25, 0.3) is 0 Å². The summed E-state index contributed by atoms with van der Waals surface area (Å²) in [4.78, 5) is 5.37. The molecular formula is C14H15BN4OS. The van der Waals surface area contributed by atoms with Gasteiger partial charge in [0.1, 0.15) is 23.1 Å². The normalized spacial score (nSPS) is 12.0. The summed E-state index contributed by atoms with van der Waals surface area (Å²) in [6.07, 6.45) is 0. The molecule has 2 aromatic heterocycles. The molecule has 0 saturated heterocycles. The molecule has 0 amide bonds. The van der Waals surface area contributed by atoms with Crippen molar-refractivity contribution in [1.82, 2.24) is 14.8 Å². The summed E-state index contributed by atoms with van der Waals surface area (Å²) in [6.45, 7) is 7.65. The monoisotopic (exact) mass is 298 g/mol. The Morgan fingerprint density at radius 1 is 1.33 bits per heavy atom. The van der Waals surface area contributed by atoms with Gasteiger partial charge >= 0.3 is 8.05 Å². The highest BCUT2D eigenvalue weighted by molar-refractivity contribution is 7.11. The summed E-state index contributed by atoms with van der Waals surface area (Å²) in [6, 6.07) is 2.16. The van der Waals surface area contributed by atoms with E-state index < -0.39 is 0 Å². The molecule has 0 aliphatic heterocycles. The maximum absolute atomic E-state index is 9.56. The third-order valence-corrected chi connectivity index (χ3v) is 4.22. The zero-order chi connectivity index (χ0) is 15.7. The Hall–Kier alpha value is -2.07. The smallest absolute Gasteiger partial charge is 0.374 e. The second-order valence-electron chi connectivity index (χ2n) is 4.75. The minimum Gasteiger partial charge on any atom is -0.565 e. The first-order valence-corrected chi connectivity index (χ1v) is 7.18. The molecule has 5 nitrogen and oxygen atoms in total. The fraction of sp³-hybridized carbons (Fsp3) is 0.357. The largest absolute Gasteiger partial charge is 0.565 e. The van der Waals surface area contributed by atoms with Gasteiger partial charge < -0.3 is 4.65 Å². The standard InChI is InChI=1S/C14H15BN4OS/c1-7-8(2)18-19(5)13(7)14(20-15)11(6-16)12-9(3)21-10(4)17-12/h1-5H3. The number of nitrogens with zero attached hydrogens (tertiary/aromatic N) is 4. The van der Waals surface area contributed by atoms with Gasteiger partial charge in [-0.15, -0.1) is 11.3 Å². The topological polar surface area (TPSA) is 63.7 Å². The fourth-order valence-electron chi connectivity index (χ4n) is 2.29. The first kappa shape index (κ1) is 15.3. The van der Waals surface area contributed by atoms with Crippen LogP contribution >= 0.6 is 11.3 Å². The van der Waals surface area contributed by atoms with E-state index in [1.807, 2.05) is 27.7 Å². The zero-order valence-corrected chi connectivity index (χ0v) is 13.5. The van der Waals surface area contributed by atoms with Crippen molar-refractivity contribution in [3.8, 4) is 6.07 Å². The molecule has 7 heteroatoms. The number of rotatable bonds is 3. The van der Waals surface area contributed by atoms with Crippen LogP contribution in [-0.2, 0) is 11.7 Å². The van der Waals surface area contributed by atoms with E-state index in [4.69, 9.17) is 12.7 Å². The van der Waals surface area contributed by atoms with Gasteiger partial charge in [0.2, 0.25) is 0 Å². The summed E-state index contributed by atoms with van der Waals surface area (Å²) < 4.78 is 6.71. The van der Waals surface area contributed by atoms with E-state index in [0.29, 0.717) is 22.7 Å². The van der Waals surface area contributed by atoms with Crippen LogP contribution in [0, 0.1) is 39.0 Å². The van der Waals surface area contributed by atoms with E-state index in [1.54, 1.807) is 11.7 Å². The number of nitriles is 1. The van der Waals surface area contributed by atoms with Gasteiger partial charge in [0, 0.05) is 17.5 Å². The van der Waals surface area contributed by atoms with Crippen molar-refractivity contribution in [2.45, 2.75) is 27.7 Å². The highest BCUT2D eigenvalue weighted by Crippen LogP contribution is 2.32. The van der Waals surface area contributed by atoms with Crippen LogP contribution in [0.15, 0.2) is 0 Å². The van der Waals surface area contributed by atoms with E-state index in [-0.39, 0.29) is 0 Å². The molecule has 0 fully saturated rings. The van der Waals surface area contributed by atoms with Crippen molar-refractivity contribution in [1.29, 1.82) is 5.26 Å². The minimum absolute atomic E-state index is 0.298. The molecule has 2 heterocycles. The van der Waals surface area contributed by atoms with Crippen LogP contribution in [0.3, 0.4) is 0 Å². The second-order valence-corrected chi connectivity index (χ2v) is 6.16. The number of aromatic nitrogens is 3. The molecule has 0 aliphatic rings. The predicted molar refractivity (Wildman–Crippen MR) is 83.5 cm³/mol. The molecule has 21 heavy (non-hydrogen) atoms. The molecule has 0 saturated carbocycles. The van der Waals surface area contributed by atoms with Gasteiger partial charge in [-0.05, 0) is 27.7 Å². The predicted octanol–water partition coefficient (Wildman–Crippen LogP) is 2.60. The Bertz CT molecular complexity index is 767. The molecule has 2 radical (unpaired) electrons. The molecule has 0 aromatic carbocycles. The van der Waals surface area contributed by atoms with Crippen LogP contribution in [-0.4, -0.2) is 22.8 Å². The van der Waals surface area contributed by atoms with Crippen molar-refractivity contribution in [3.63, 3.8) is 0 Å². The first-order chi connectivity index (χ1) is 9.90. The van der Waals surface area contributed by atoms with Crippen molar-refractivity contribution in [2.24, 2.45) is 7.05 Å². The van der Waals surface area contributed by atoms with Crippen LogP contribution in [0.1, 0.15) is 32.5 Å². The number of thiazole rings is 1. The highest BCUT2D eigenvalue weighted by Gasteiger charge is 2.22. The lowest BCUT2D eigenvalue weighted by Crippen LogP contribution is -2.04. The Balaban J connectivity index is 2.77. The molecule has 0 spiro atoms. The summed E-state index contributed by atoms with van der Waals surface area (Å²) in [5, 5.41) is 14.8. The van der Waals surface area contributed by atoms with Gasteiger partial charge in [-0.2, -0.15) is 10.4 Å². The lowest BCUT2D eigenvalue weighted by Gasteiger charge is -2.11. The molecule has 0 aliphatic carbocycles. The SMILES string of the molecule is [B]OC(=C(C#N)c1nc(C)sc1C)c1c(C)c(C)nn1C. The van der Waals surface area contributed by atoms with E-state index in [9.17, 15) is 5.26 Å². The maximum Gasteiger partial charge on any atom is 0.374 e. The summed E-state index contributed by atoms with van der Waals surface area (Å²) in [5.41, 5.74) is 3.42. The lowest BCUT2D eigenvalue weighted by molar-refractivity contribution is 0.559. The summed E-state index contributed by atoms with van der Waals surface area (Å²) in [7, 11) is 7.24. The first-order valence-electron chi connectivity index (χ1n) is 6.36. The van der Waals surface area contributed by atoms with Crippen LogP contribution in [0.5, 0.6) is 0 Å². The van der Waals surface area contributed by atoms with Gasteiger partial charge in [0.05, 0.1) is 16.4 Å². The molecular weight excluding hydrogens is 283 g/mol. The Labute approximate surface area is 129 Å². The molecule has 0 unspecified atom stereocenters. The van der Waals surface area contributed by atoms with Crippen LogP contribution < -0.4 is 0 Å². The van der Waals surface area contributed by atoms with Crippen molar-refractivity contribution >= 4 is 30.7 Å². The quantitative estimate of drug-likeness (QED) is 0.496.